The number of nitrogens with zero attached hydrogens (tertiary/aromatic N) is 3. The first kappa shape index (κ1) is 12.1. The first-order valence-corrected chi connectivity index (χ1v) is 5.47. The summed E-state index contributed by atoms with van der Waals surface area (Å²) >= 11 is 0. The quantitative estimate of drug-likeness (QED) is 0.794. The fourth-order valence-electron chi connectivity index (χ4n) is 1.88. The number of aromatic nitrogens is 3. The summed E-state index contributed by atoms with van der Waals surface area (Å²) in [5, 5.41) is 13.4. The summed E-state index contributed by atoms with van der Waals surface area (Å²) < 4.78 is 1.66. The molecule has 6 nitrogen and oxygen atoms in total. The van der Waals surface area contributed by atoms with Gasteiger partial charge in [-0.25, -0.2) is 14.5 Å². The van der Waals surface area contributed by atoms with E-state index in [1.165, 1.54) is 0 Å². The van der Waals surface area contributed by atoms with Crippen LogP contribution in [0.3, 0.4) is 0 Å². The smallest absolute Gasteiger partial charge is 0.338 e. The van der Waals surface area contributed by atoms with E-state index in [1.807, 2.05) is 6.92 Å². The Bertz CT molecular complexity index is 604. The van der Waals surface area contributed by atoms with Gasteiger partial charge in [-0.15, -0.1) is 0 Å². The van der Waals surface area contributed by atoms with Gasteiger partial charge in [0.1, 0.15) is 11.6 Å². The highest BCUT2D eigenvalue weighted by Gasteiger charge is 2.15. The van der Waals surface area contributed by atoms with E-state index in [0.717, 1.165) is 5.82 Å². The minimum absolute atomic E-state index is 0.130. The van der Waals surface area contributed by atoms with Gasteiger partial charge in [-0.2, -0.15) is 5.10 Å². The average molecular weight is 246 g/mol. The van der Waals surface area contributed by atoms with E-state index >= 15 is 0 Å². The molecule has 1 heterocycles. The van der Waals surface area contributed by atoms with Crippen molar-refractivity contribution in [2.24, 2.45) is 0 Å². The maximum absolute atomic E-state index is 11.2. The third-order valence-corrected chi connectivity index (χ3v) is 2.68. The fourth-order valence-corrected chi connectivity index (χ4v) is 1.88. The molecule has 18 heavy (non-hydrogen) atoms. The summed E-state index contributed by atoms with van der Waals surface area (Å²) in [5.41, 5.74) is 6.70. The Hall–Kier alpha value is -2.37. The van der Waals surface area contributed by atoms with E-state index in [4.69, 9.17) is 5.73 Å². The molecule has 2 rings (SSSR count). The molecule has 0 spiro atoms. The van der Waals surface area contributed by atoms with Gasteiger partial charge in [0.15, 0.2) is 0 Å². The lowest BCUT2D eigenvalue weighted by molar-refractivity contribution is 0.0696. The van der Waals surface area contributed by atoms with Crippen molar-refractivity contribution >= 4 is 11.7 Å². The number of hydrogen-bond donors (Lipinski definition) is 2. The van der Waals surface area contributed by atoms with Gasteiger partial charge in [-0.1, -0.05) is 12.1 Å². The number of hydrogen-bond acceptors (Lipinski definition) is 4. The van der Waals surface area contributed by atoms with Crippen molar-refractivity contribution in [3.63, 3.8) is 0 Å². The third-order valence-electron chi connectivity index (χ3n) is 2.68. The highest BCUT2D eigenvalue weighted by molar-refractivity contribution is 5.95. The predicted molar refractivity (Wildman–Crippen MR) is 66.4 cm³/mol. The number of nitrogens with two attached hydrogens (primary N) is 1. The zero-order valence-corrected chi connectivity index (χ0v) is 10.2. The molecular weight excluding hydrogens is 232 g/mol. The number of anilines is 1. The second-order valence-electron chi connectivity index (χ2n) is 4.05. The molecule has 0 amide bonds. The maximum Gasteiger partial charge on any atom is 0.338 e. The van der Waals surface area contributed by atoms with Crippen LogP contribution in [-0.2, 0) is 6.54 Å². The normalized spacial score (nSPS) is 10.6. The Morgan fingerprint density at radius 1 is 1.44 bits per heavy atom. The molecule has 0 aliphatic rings. The predicted octanol–water partition coefficient (Wildman–Crippen LogP) is 1.22. The van der Waals surface area contributed by atoms with E-state index in [1.54, 1.807) is 29.8 Å². The maximum atomic E-state index is 11.2. The molecule has 0 radical (unpaired) electrons. The molecule has 0 saturated carbocycles. The monoisotopic (exact) mass is 246 g/mol. The van der Waals surface area contributed by atoms with Gasteiger partial charge in [0.25, 0.3) is 0 Å². The van der Waals surface area contributed by atoms with Gasteiger partial charge >= 0.3 is 5.97 Å². The van der Waals surface area contributed by atoms with Crippen LogP contribution in [0.4, 0.5) is 5.69 Å². The number of carboxylic acid groups (broad SMARTS) is 1. The van der Waals surface area contributed by atoms with Gasteiger partial charge in [0, 0.05) is 5.69 Å². The number of nitrogen functional groups attached to an aromatic ring is 1. The van der Waals surface area contributed by atoms with Gasteiger partial charge in [-0.3, -0.25) is 0 Å². The largest absolute Gasteiger partial charge is 0.478 e. The molecule has 0 fully saturated rings. The number of aryl methyl sites for hydroxylation is 2. The lowest BCUT2D eigenvalue weighted by Gasteiger charge is -2.09. The SMILES string of the molecule is Cc1nc(C)n(Cc2cccc(N)c2C(=O)O)n1. The van der Waals surface area contributed by atoms with Crippen molar-refractivity contribution in [1.29, 1.82) is 0 Å². The Kier molecular flexibility index (Phi) is 3.01. The minimum atomic E-state index is -1.03. The summed E-state index contributed by atoms with van der Waals surface area (Å²) in [6.07, 6.45) is 0. The van der Waals surface area contributed by atoms with Gasteiger partial charge < -0.3 is 10.8 Å². The second kappa shape index (κ2) is 4.48. The Morgan fingerprint density at radius 2 is 2.17 bits per heavy atom. The van der Waals surface area contributed by atoms with Gasteiger partial charge in [0.2, 0.25) is 0 Å². The summed E-state index contributed by atoms with van der Waals surface area (Å²) in [7, 11) is 0. The Morgan fingerprint density at radius 3 is 2.72 bits per heavy atom. The standard InChI is InChI=1S/C12H14N4O2/c1-7-14-8(2)16(15-7)6-9-4-3-5-10(13)11(9)12(17)18/h3-5H,6,13H2,1-2H3,(H,17,18). The number of aromatic carboxylic acids is 1. The number of carboxylic acids is 1. The van der Waals surface area contributed by atoms with Crippen molar-refractivity contribution in [2.75, 3.05) is 5.73 Å². The van der Waals surface area contributed by atoms with E-state index in [9.17, 15) is 9.90 Å². The first-order valence-electron chi connectivity index (χ1n) is 5.47. The van der Waals surface area contributed by atoms with Crippen LogP contribution < -0.4 is 5.73 Å². The summed E-state index contributed by atoms with van der Waals surface area (Å²) in [6.45, 7) is 3.97. The van der Waals surface area contributed by atoms with Crippen LogP contribution >= 0.6 is 0 Å². The van der Waals surface area contributed by atoms with Crippen LogP contribution in [0.25, 0.3) is 0 Å². The summed E-state index contributed by atoms with van der Waals surface area (Å²) in [4.78, 5) is 15.4. The van der Waals surface area contributed by atoms with Crippen molar-refractivity contribution in [1.82, 2.24) is 14.8 Å². The second-order valence-corrected chi connectivity index (χ2v) is 4.05. The molecule has 6 heteroatoms. The van der Waals surface area contributed by atoms with Crippen molar-refractivity contribution < 1.29 is 9.90 Å². The minimum Gasteiger partial charge on any atom is -0.478 e. The molecule has 0 aliphatic carbocycles. The molecule has 3 N–H and O–H groups in total. The molecule has 1 aromatic carbocycles. The average Bonchev–Trinajstić information content (AvgIpc) is 2.57. The van der Waals surface area contributed by atoms with E-state index in [2.05, 4.69) is 10.1 Å². The van der Waals surface area contributed by atoms with Crippen LogP contribution in [0.1, 0.15) is 27.6 Å². The van der Waals surface area contributed by atoms with E-state index in [-0.39, 0.29) is 11.3 Å². The highest BCUT2D eigenvalue weighted by atomic mass is 16.4. The van der Waals surface area contributed by atoms with Crippen LogP contribution in [0.2, 0.25) is 0 Å². The molecule has 1 aromatic heterocycles. The van der Waals surface area contributed by atoms with E-state index < -0.39 is 5.97 Å². The molecule has 0 bridgehead atoms. The number of carbonyl (C=O) groups is 1. The molecule has 0 saturated heterocycles. The number of benzene rings is 1. The molecular formula is C12H14N4O2. The van der Waals surface area contributed by atoms with Crippen molar-refractivity contribution in [2.45, 2.75) is 20.4 Å². The fraction of sp³-hybridized carbons (Fsp3) is 0.250. The highest BCUT2D eigenvalue weighted by Crippen LogP contribution is 2.18. The Labute approximate surface area is 104 Å². The van der Waals surface area contributed by atoms with Crippen LogP contribution in [0.5, 0.6) is 0 Å². The third kappa shape index (κ3) is 2.17. The van der Waals surface area contributed by atoms with Gasteiger partial charge in [-0.05, 0) is 25.5 Å². The Balaban J connectivity index is 2.43. The summed E-state index contributed by atoms with van der Waals surface area (Å²) in [6, 6.07) is 5.04. The first-order chi connectivity index (χ1) is 8.49. The topological polar surface area (TPSA) is 94.0 Å². The molecule has 0 atom stereocenters. The van der Waals surface area contributed by atoms with Crippen molar-refractivity contribution in [3.8, 4) is 0 Å². The summed E-state index contributed by atoms with van der Waals surface area (Å²) in [5.74, 6) is 0.372. The zero-order valence-electron chi connectivity index (χ0n) is 10.2. The number of rotatable bonds is 3. The van der Waals surface area contributed by atoms with E-state index in [0.29, 0.717) is 17.9 Å². The lowest BCUT2D eigenvalue weighted by Crippen LogP contribution is -2.11. The molecule has 94 valence electrons. The van der Waals surface area contributed by atoms with Crippen molar-refractivity contribution in [3.05, 3.63) is 41.0 Å². The van der Waals surface area contributed by atoms with Gasteiger partial charge in [0.05, 0.1) is 12.1 Å². The van der Waals surface area contributed by atoms with Crippen LogP contribution in [-0.4, -0.2) is 25.8 Å². The zero-order chi connectivity index (χ0) is 13.3. The molecule has 0 aliphatic heterocycles. The van der Waals surface area contributed by atoms with Crippen LogP contribution in [0.15, 0.2) is 18.2 Å². The molecule has 0 unspecified atom stereocenters. The van der Waals surface area contributed by atoms with Crippen LogP contribution in [0, 0.1) is 13.8 Å². The molecule has 2 aromatic rings. The lowest BCUT2D eigenvalue weighted by atomic mass is 10.1.